The number of benzene rings is 1. The first-order chi connectivity index (χ1) is 8.27. The van der Waals surface area contributed by atoms with Crippen LogP contribution in [0.4, 0.5) is 0 Å². The standard InChI is InChI=1S/C13H14ClNO2/c14-13(15-6-8-17-9-7-15)10-12(16)11-4-2-1-3-5-11/h1-5,10H,6-9H2. The minimum Gasteiger partial charge on any atom is -0.378 e. The van der Waals surface area contributed by atoms with Crippen LogP contribution < -0.4 is 0 Å². The zero-order valence-electron chi connectivity index (χ0n) is 9.43. The Balaban J connectivity index is 2.05. The van der Waals surface area contributed by atoms with Crippen molar-refractivity contribution < 1.29 is 9.53 Å². The fourth-order valence-electron chi connectivity index (χ4n) is 1.66. The van der Waals surface area contributed by atoms with Crippen LogP contribution >= 0.6 is 11.6 Å². The van der Waals surface area contributed by atoms with Crippen molar-refractivity contribution in [2.24, 2.45) is 0 Å². The maximum absolute atomic E-state index is 11.9. The summed E-state index contributed by atoms with van der Waals surface area (Å²) in [6.07, 6.45) is 1.47. The lowest BCUT2D eigenvalue weighted by molar-refractivity contribution is 0.0570. The minimum absolute atomic E-state index is 0.0675. The Hall–Kier alpha value is -1.32. The molecule has 0 atom stereocenters. The second-order valence-corrected chi connectivity index (χ2v) is 4.18. The zero-order chi connectivity index (χ0) is 12.1. The first-order valence-electron chi connectivity index (χ1n) is 5.56. The number of allylic oxidation sites excluding steroid dienone is 1. The van der Waals surface area contributed by atoms with Gasteiger partial charge in [0.25, 0.3) is 0 Å². The molecule has 1 aliphatic heterocycles. The van der Waals surface area contributed by atoms with E-state index in [1.54, 1.807) is 12.1 Å². The van der Waals surface area contributed by atoms with Gasteiger partial charge >= 0.3 is 0 Å². The number of ketones is 1. The predicted octanol–water partition coefficient (Wildman–Crippen LogP) is 2.28. The van der Waals surface area contributed by atoms with E-state index < -0.39 is 0 Å². The molecule has 0 unspecified atom stereocenters. The van der Waals surface area contributed by atoms with E-state index in [2.05, 4.69) is 0 Å². The average Bonchev–Trinajstić information content (AvgIpc) is 2.40. The third kappa shape index (κ3) is 3.32. The van der Waals surface area contributed by atoms with Gasteiger partial charge in [-0.1, -0.05) is 41.9 Å². The van der Waals surface area contributed by atoms with Crippen LogP contribution in [-0.4, -0.2) is 37.0 Å². The topological polar surface area (TPSA) is 29.5 Å². The highest BCUT2D eigenvalue weighted by Crippen LogP contribution is 2.13. The van der Waals surface area contributed by atoms with Crippen molar-refractivity contribution in [1.29, 1.82) is 0 Å². The molecule has 2 rings (SSSR count). The molecule has 0 bridgehead atoms. The molecule has 1 heterocycles. The number of hydrogen-bond donors (Lipinski definition) is 0. The number of nitrogens with zero attached hydrogens (tertiary/aromatic N) is 1. The van der Waals surface area contributed by atoms with Crippen LogP contribution in [0.3, 0.4) is 0 Å². The molecule has 0 aromatic heterocycles. The Kier molecular flexibility index (Phi) is 4.18. The molecular weight excluding hydrogens is 238 g/mol. The number of rotatable bonds is 3. The number of morpholine rings is 1. The van der Waals surface area contributed by atoms with E-state index in [0.717, 1.165) is 13.1 Å². The number of carbonyl (C=O) groups is 1. The smallest absolute Gasteiger partial charge is 0.188 e. The minimum atomic E-state index is -0.0675. The molecule has 1 aliphatic rings. The van der Waals surface area contributed by atoms with Gasteiger partial charge in [-0.05, 0) is 0 Å². The van der Waals surface area contributed by atoms with E-state index in [1.807, 2.05) is 23.1 Å². The van der Waals surface area contributed by atoms with Gasteiger partial charge in [-0.2, -0.15) is 0 Å². The van der Waals surface area contributed by atoms with Crippen LogP contribution in [0.15, 0.2) is 41.6 Å². The van der Waals surface area contributed by atoms with Gasteiger partial charge in [0.2, 0.25) is 0 Å². The van der Waals surface area contributed by atoms with Gasteiger partial charge in [-0.3, -0.25) is 4.79 Å². The van der Waals surface area contributed by atoms with E-state index in [-0.39, 0.29) is 5.78 Å². The highest BCUT2D eigenvalue weighted by molar-refractivity contribution is 6.31. The number of halogens is 1. The Bertz CT molecular complexity index is 411. The Morgan fingerprint density at radius 3 is 2.53 bits per heavy atom. The quantitative estimate of drug-likeness (QED) is 0.469. The van der Waals surface area contributed by atoms with Gasteiger partial charge in [0.1, 0.15) is 5.16 Å². The molecule has 0 radical (unpaired) electrons. The van der Waals surface area contributed by atoms with Gasteiger partial charge in [0.05, 0.1) is 13.2 Å². The fraction of sp³-hybridized carbons (Fsp3) is 0.308. The van der Waals surface area contributed by atoms with Gasteiger partial charge in [-0.15, -0.1) is 0 Å². The first kappa shape index (κ1) is 12.1. The fourth-order valence-corrected chi connectivity index (χ4v) is 1.93. The molecule has 0 aliphatic carbocycles. The molecule has 1 saturated heterocycles. The van der Waals surface area contributed by atoms with Gasteiger partial charge in [-0.25, -0.2) is 0 Å². The molecule has 1 aromatic carbocycles. The molecule has 0 saturated carbocycles. The third-order valence-corrected chi connectivity index (χ3v) is 2.97. The zero-order valence-corrected chi connectivity index (χ0v) is 10.2. The molecule has 0 spiro atoms. The largest absolute Gasteiger partial charge is 0.378 e. The highest BCUT2D eigenvalue weighted by Gasteiger charge is 2.13. The van der Waals surface area contributed by atoms with Crippen molar-refractivity contribution in [3.63, 3.8) is 0 Å². The Labute approximate surface area is 106 Å². The first-order valence-corrected chi connectivity index (χ1v) is 5.94. The molecule has 1 aromatic rings. The monoisotopic (exact) mass is 251 g/mol. The Morgan fingerprint density at radius 1 is 1.24 bits per heavy atom. The normalized spacial score (nSPS) is 17.0. The summed E-state index contributed by atoms with van der Waals surface area (Å²) in [5, 5.41) is 0.488. The number of carbonyl (C=O) groups excluding carboxylic acids is 1. The van der Waals surface area contributed by atoms with E-state index in [9.17, 15) is 4.79 Å². The molecule has 3 nitrogen and oxygen atoms in total. The Morgan fingerprint density at radius 2 is 1.88 bits per heavy atom. The molecule has 90 valence electrons. The summed E-state index contributed by atoms with van der Waals surface area (Å²) in [7, 11) is 0. The lowest BCUT2D eigenvalue weighted by Crippen LogP contribution is -2.34. The van der Waals surface area contributed by atoms with Crippen molar-refractivity contribution in [2.75, 3.05) is 26.3 Å². The predicted molar refractivity (Wildman–Crippen MR) is 67.1 cm³/mol. The van der Waals surface area contributed by atoms with Crippen molar-refractivity contribution in [2.45, 2.75) is 0 Å². The van der Waals surface area contributed by atoms with Crippen LogP contribution in [0.1, 0.15) is 10.4 Å². The lowest BCUT2D eigenvalue weighted by atomic mass is 10.1. The number of ether oxygens (including phenoxy) is 1. The molecule has 1 fully saturated rings. The summed E-state index contributed by atoms with van der Waals surface area (Å²) >= 11 is 6.12. The van der Waals surface area contributed by atoms with Gasteiger partial charge in [0.15, 0.2) is 5.78 Å². The highest BCUT2D eigenvalue weighted by atomic mass is 35.5. The summed E-state index contributed by atoms with van der Waals surface area (Å²) < 4.78 is 5.23. The van der Waals surface area contributed by atoms with Crippen molar-refractivity contribution in [3.8, 4) is 0 Å². The van der Waals surface area contributed by atoms with E-state index in [0.29, 0.717) is 23.9 Å². The third-order valence-electron chi connectivity index (χ3n) is 2.62. The summed E-state index contributed by atoms with van der Waals surface area (Å²) in [6.45, 7) is 2.78. The van der Waals surface area contributed by atoms with Crippen molar-refractivity contribution >= 4 is 17.4 Å². The van der Waals surface area contributed by atoms with Gasteiger partial charge in [0, 0.05) is 24.7 Å². The maximum Gasteiger partial charge on any atom is 0.188 e. The summed E-state index contributed by atoms with van der Waals surface area (Å²) in [4.78, 5) is 13.8. The second kappa shape index (κ2) is 5.84. The second-order valence-electron chi connectivity index (χ2n) is 3.80. The van der Waals surface area contributed by atoms with E-state index >= 15 is 0 Å². The van der Waals surface area contributed by atoms with Crippen LogP contribution in [0.2, 0.25) is 0 Å². The van der Waals surface area contributed by atoms with Crippen LogP contribution in [0.25, 0.3) is 0 Å². The van der Waals surface area contributed by atoms with E-state index in [1.165, 1.54) is 6.08 Å². The van der Waals surface area contributed by atoms with E-state index in [4.69, 9.17) is 16.3 Å². The average molecular weight is 252 g/mol. The summed E-state index contributed by atoms with van der Waals surface area (Å²) in [5.41, 5.74) is 0.652. The van der Waals surface area contributed by atoms with Crippen molar-refractivity contribution in [3.05, 3.63) is 47.1 Å². The van der Waals surface area contributed by atoms with Crippen LogP contribution in [0.5, 0.6) is 0 Å². The maximum atomic E-state index is 11.9. The van der Waals surface area contributed by atoms with Crippen LogP contribution in [0, 0.1) is 0 Å². The van der Waals surface area contributed by atoms with Gasteiger partial charge < -0.3 is 9.64 Å². The molecular formula is C13H14ClNO2. The molecule has 0 N–H and O–H groups in total. The van der Waals surface area contributed by atoms with Crippen molar-refractivity contribution in [1.82, 2.24) is 4.90 Å². The molecule has 0 amide bonds. The summed E-state index contributed by atoms with van der Waals surface area (Å²) in [5.74, 6) is -0.0675. The summed E-state index contributed by atoms with van der Waals surface area (Å²) in [6, 6.07) is 9.11. The number of hydrogen-bond acceptors (Lipinski definition) is 3. The molecule has 4 heteroatoms. The molecule has 17 heavy (non-hydrogen) atoms. The lowest BCUT2D eigenvalue weighted by Gasteiger charge is -2.27. The SMILES string of the molecule is O=C(C=C(Cl)N1CCOCC1)c1ccccc1. The van der Waals surface area contributed by atoms with Crippen LogP contribution in [-0.2, 0) is 4.74 Å².